The van der Waals surface area contributed by atoms with Crippen LogP contribution in [0.4, 0.5) is 11.4 Å². The number of aromatic nitrogens is 2. The molecule has 1 saturated carbocycles. The van der Waals surface area contributed by atoms with Crippen LogP contribution < -0.4 is 4.90 Å². The van der Waals surface area contributed by atoms with E-state index in [1.165, 1.54) is 41.6 Å². The third-order valence-corrected chi connectivity index (χ3v) is 6.90. The fraction of sp³-hybridized carbons (Fsp3) is 0.227. The van der Waals surface area contributed by atoms with Crippen molar-refractivity contribution >= 4 is 43.0 Å². The summed E-state index contributed by atoms with van der Waals surface area (Å²) in [7, 11) is -3.76. The average Bonchev–Trinajstić information content (AvgIpc) is 3.63. The molecule has 1 aliphatic rings. The molecule has 1 fully saturated rings. The summed E-state index contributed by atoms with van der Waals surface area (Å²) in [5.74, 6) is -0.0722. The molecule has 0 spiro atoms. The van der Waals surface area contributed by atoms with Crippen molar-refractivity contribution in [2.45, 2.75) is 30.3 Å². The first-order chi connectivity index (χ1) is 15.6. The Kier molecular flexibility index (Phi) is 6.26. The second-order valence-corrected chi connectivity index (χ2v) is 10.6. The first-order valence-electron chi connectivity index (χ1n) is 10.0. The summed E-state index contributed by atoms with van der Waals surface area (Å²) >= 11 is 3.15. The van der Waals surface area contributed by atoms with Crippen LogP contribution in [0.25, 0.3) is 0 Å². The van der Waals surface area contributed by atoms with Crippen LogP contribution in [0.5, 0.6) is 0 Å². The molecular formula is C22H19BrN4O5S. The Hall–Kier alpha value is -3.18. The lowest BCUT2D eigenvalue weighted by molar-refractivity contribution is -0.385. The SMILES string of the molecule is CS(=O)(=O)c1ncccc1N(Cc1ccc(Br)c([N+](=O)[O-])c1)C(=O)c1ccc(C2CC2)nc1. The van der Waals surface area contributed by atoms with E-state index >= 15 is 0 Å². The number of amides is 1. The van der Waals surface area contributed by atoms with Gasteiger partial charge in [-0.05, 0) is 64.7 Å². The highest BCUT2D eigenvalue weighted by Crippen LogP contribution is 2.39. The fourth-order valence-electron chi connectivity index (χ4n) is 3.43. The monoisotopic (exact) mass is 530 g/mol. The van der Waals surface area contributed by atoms with Gasteiger partial charge in [0.1, 0.15) is 0 Å². The van der Waals surface area contributed by atoms with E-state index in [4.69, 9.17) is 0 Å². The smallest absolute Gasteiger partial charge is 0.283 e. The Labute approximate surface area is 198 Å². The van der Waals surface area contributed by atoms with Crippen LogP contribution in [0.1, 0.15) is 40.4 Å². The van der Waals surface area contributed by atoms with Gasteiger partial charge in [-0.15, -0.1) is 0 Å². The molecule has 0 unspecified atom stereocenters. The van der Waals surface area contributed by atoms with E-state index in [9.17, 15) is 23.3 Å². The number of benzene rings is 1. The Morgan fingerprint density at radius 3 is 2.58 bits per heavy atom. The van der Waals surface area contributed by atoms with Crippen molar-refractivity contribution in [2.24, 2.45) is 0 Å². The lowest BCUT2D eigenvalue weighted by Gasteiger charge is -2.24. The molecule has 1 aromatic carbocycles. The van der Waals surface area contributed by atoms with Gasteiger partial charge in [-0.1, -0.05) is 6.07 Å². The molecule has 0 bridgehead atoms. The highest BCUT2D eigenvalue weighted by molar-refractivity contribution is 9.10. The van der Waals surface area contributed by atoms with Gasteiger partial charge >= 0.3 is 0 Å². The number of anilines is 1. The van der Waals surface area contributed by atoms with Crippen LogP contribution in [-0.2, 0) is 16.4 Å². The molecule has 0 radical (unpaired) electrons. The van der Waals surface area contributed by atoms with Gasteiger partial charge in [-0.2, -0.15) is 0 Å². The van der Waals surface area contributed by atoms with E-state index in [-0.39, 0.29) is 28.5 Å². The van der Waals surface area contributed by atoms with Gasteiger partial charge in [0.05, 0.1) is 27.2 Å². The average molecular weight is 531 g/mol. The second kappa shape index (κ2) is 8.99. The Balaban J connectivity index is 1.78. The molecule has 33 heavy (non-hydrogen) atoms. The highest BCUT2D eigenvalue weighted by atomic mass is 79.9. The second-order valence-electron chi connectivity index (χ2n) is 7.78. The summed E-state index contributed by atoms with van der Waals surface area (Å²) in [5.41, 5.74) is 1.56. The zero-order valence-electron chi connectivity index (χ0n) is 17.5. The van der Waals surface area contributed by atoms with E-state index < -0.39 is 20.7 Å². The van der Waals surface area contributed by atoms with Crippen molar-refractivity contribution < 1.29 is 18.1 Å². The van der Waals surface area contributed by atoms with Crippen LogP contribution in [0, 0.1) is 10.1 Å². The first kappa shape index (κ1) is 23.0. The van der Waals surface area contributed by atoms with Crippen molar-refractivity contribution in [3.8, 4) is 0 Å². The van der Waals surface area contributed by atoms with E-state index in [1.54, 1.807) is 18.2 Å². The van der Waals surface area contributed by atoms with Crippen LogP contribution in [-0.4, -0.2) is 35.5 Å². The van der Waals surface area contributed by atoms with Crippen molar-refractivity contribution in [1.82, 2.24) is 9.97 Å². The minimum atomic E-state index is -3.76. The quantitative estimate of drug-likeness (QED) is 0.329. The van der Waals surface area contributed by atoms with Crippen LogP contribution >= 0.6 is 15.9 Å². The van der Waals surface area contributed by atoms with Crippen molar-refractivity contribution in [3.63, 3.8) is 0 Å². The van der Waals surface area contributed by atoms with E-state index in [0.29, 0.717) is 16.0 Å². The summed E-state index contributed by atoms with van der Waals surface area (Å²) in [6.45, 7) is -0.106. The van der Waals surface area contributed by atoms with Gasteiger partial charge in [-0.3, -0.25) is 19.9 Å². The Morgan fingerprint density at radius 2 is 1.97 bits per heavy atom. The van der Waals surface area contributed by atoms with Crippen LogP contribution in [0.15, 0.2) is 64.4 Å². The summed E-state index contributed by atoms with van der Waals surface area (Å²) in [6, 6.07) is 11.0. The molecule has 4 rings (SSSR count). The summed E-state index contributed by atoms with van der Waals surface area (Å²) in [6.07, 6.45) is 5.96. The molecule has 3 aromatic rings. The lowest BCUT2D eigenvalue weighted by Crippen LogP contribution is -2.32. The number of pyridine rings is 2. The topological polar surface area (TPSA) is 123 Å². The third kappa shape index (κ3) is 5.09. The molecule has 2 aromatic heterocycles. The minimum Gasteiger partial charge on any atom is -0.301 e. The molecule has 0 saturated heterocycles. The Bertz CT molecular complexity index is 1340. The van der Waals surface area contributed by atoms with Crippen LogP contribution in [0.2, 0.25) is 0 Å². The standard InChI is InChI=1S/C22H19BrN4O5S/c1-33(31,32)21-19(3-2-10-24-21)26(13-14-4-8-17(23)20(11-14)27(29)30)22(28)16-7-9-18(25-12-16)15-5-6-15/h2-4,7-12,15H,5-6,13H2,1H3. The number of carbonyl (C=O) groups is 1. The lowest BCUT2D eigenvalue weighted by atomic mass is 10.1. The van der Waals surface area contributed by atoms with E-state index in [2.05, 4.69) is 25.9 Å². The number of nitrogens with zero attached hydrogens (tertiary/aromatic N) is 4. The number of nitro groups is 1. The van der Waals surface area contributed by atoms with Crippen LogP contribution in [0.3, 0.4) is 0 Å². The number of hydrogen-bond donors (Lipinski definition) is 0. The number of nitro benzene ring substituents is 1. The van der Waals surface area contributed by atoms with Gasteiger partial charge < -0.3 is 4.90 Å². The van der Waals surface area contributed by atoms with Gasteiger partial charge in [0.2, 0.25) is 0 Å². The predicted molar refractivity (Wildman–Crippen MR) is 125 cm³/mol. The molecular weight excluding hydrogens is 512 g/mol. The molecule has 9 nitrogen and oxygen atoms in total. The zero-order chi connectivity index (χ0) is 23.8. The van der Waals surface area contributed by atoms with E-state index in [1.807, 2.05) is 0 Å². The molecule has 0 atom stereocenters. The number of sulfone groups is 1. The maximum atomic E-state index is 13.5. The van der Waals surface area contributed by atoms with Crippen molar-refractivity contribution in [3.05, 3.63) is 86.3 Å². The minimum absolute atomic E-state index is 0.0850. The van der Waals surface area contributed by atoms with Gasteiger partial charge in [0, 0.05) is 36.3 Å². The number of halogens is 1. The molecule has 0 N–H and O–H groups in total. The number of hydrogen-bond acceptors (Lipinski definition) is 7. The zero-order valence-corrected chi connectivity index (χ0v) is 19.9. The van der Waals surface area contributed by atoms with Crippen molar-refractivity contribution in [1.29, 1.82) is 0 Å². The first-order valence-corrected chi connectivity index (χ1v) is 12.7. The highest BCUT2D eigenvalue weighted by Gasteiger charge is 2.28. The van der Waals surface area contributed by atoms with Gasteiger partial charge in [0.25, 0.3) is 11.6 Å². The predicted octanol–water partition coefficient (Wildman–Crippen LogP) is 4.28. The van der Waals surface area contributed by atoms with E-state index in [0.717, 1.165) is 24.8 Å². The molecule has 1 amide bonds. The molecule has 2 heterocycles. The molecule has 0 aliphatic heterocycles. The third-order valence-electron chi connectivity index (χ3n) is 5.22. The fourth-order valence-corrected chi connectivity index (χ4v) is 4.63. The maximum Gasteiger partial charge on any atom is 0.283 e. The molecule has 170 valence electrons. The summed E-state index contributed by atoms with van der Waals surface area (Å²) < 4.78 is 25.1. The molecule has 1 aliphatic carbocycles. The summed E-state index contributed by atoms with van der Waals surface area (Å²) in [5, 5.41) is 11.1. The largest absolute Gasteiger partial charge is 0.301 e. The number of carbonyl (C=O) groups excluding carboxylic acids is 1. The van der Waals surface area contributed by atoms with Gasteiger partial charge in [-0.25, -0.2) is 13.4 Å². The van der Waals surface area contributed by atoms with Crippen molar-refractivity contribution in [2.75, 3.05) is 11.2 Å². The molecule has 11 heteroatoms. The normalized spacial score (nSPS) is 13.5. The number of rotatable bonds is 7. The summed E-state index contributed by atoms with van der Waals surface area (Å²) in [4.78, 5) is 34.0. The maximum absolute atomic E-state index is 13.5. The Morgan fingerprint density at radius 1 is 1.21 bits per heavy atom. The van der Waals surface area contributed by atoms with Gasteiger partial charge in [0.15, 0.2) is 14.9 Å².